The molecule has 0 bridgehead atoms. The molecule has 5 fully saturated rings. The van der Waals surface area contributed by atoms with E-state index in [4.69, 9.17) is 4.74 Å². The fourth-order valence-corrected chi connectivity index (χ4v) is 8.38. The van der Waals surface area contributed by atoms with Gasteiger partial charge in [-0.25, -0.2) is 4.79 Å². The molecular formula is C22H35NO3. The monoisotopic (exact) mass is 361 g/mol. The number of ether oxygens (including phenoxy) is 1. The van der Waals surface area contributed by atoms with Crippen molar-refractivity contribution in [3.05, 3.63) is 0 Å². The summed E-state index contributed by atoms with van der Waals surface area (Å²) in [5.74, 6) is 3.18. The van der Waals surface area contributed by atoms with Gasteiger partial charge < -0.3 is 9.84 Å². The summed E-state index contributed by atoms with van der Waals surface area (Å²) in [5.41, 5.74) is 0.743. The zero-order valence-corrected chi connectivity index (χ0v) is 16.6. The van der Waals surface area contributed by atoms with Gasteiger partial charge >= 0.3 is 6.09 Å². The number of nitrogens with zero attached hydrogens (tertiary/aromatic N) is 1. The van der Waals surface area contributed by atoms with Crippen molar-refractivity contribution in [3.63, 3.8) is 0 Å². The van der Waals surface area contributed by atoms with E-state index in [-0.39, 0.29) is 12.2 Å². The topological polar surface area (TPSA) is 49.5 Å². The van der Waals surface area contributed by atoms with Crippen LogP contribution in [-0.4, -0.2) is 40.9 Å². The lowest BCUT2D eigenvalue weighted by molar-refractivity contribution is -0.126. The Bertz CT molecular complexity index is 608. The van der Waals surface area contributed by atoms with E-state index in [2.05, 4.69) is 13.8 Å². The van der Waals surface area contributed by atoms with Crippen LogP contribution < -0.4 is 0 Å². The van der Waals surface area contributed by atoms with Gasteiger partial charge in [0.1, 0.15) is 0 Å². The maximum Gasteiger partial charge on any atom is 0.410 e. The second kappa shape index (κ2) is 5.62. The quantitative estimate of drug-likeness (QED) is 0.712. The normalized spacial score (nSPS) is 54.6. The smallest absolute Gasteiger partial charge is 0.410 e. The van der Waals surface area contributed by atoms with Crippen molar-refractivity contribution in [1.29, 1.82) is 0 Å². The van der Waals surface area contributed by atoms with Crippen molar-refractivity contribution < 1.29 is 14.6 Å². The van der Waals surface area contributed by atoms with Crippen LogP contribution in [0.5, 0.6) is 0 Å². The van der Waals surface area contributed by atoms with Gasteiger partial charge in [-0.2, -0.15) is 0 Å². The third-order valence-corrected chi connectivity index (χ3v) is 9.66. The zero-order valence-electron chi connectivity index (χ0n) is 16.6. The van der Waals surface area contributed by atoms with Gasteiger partial charge in [-0.15, -0.1) is 0 Å². The van der Waals surface area contributed by atoms with E-state index >= 15 is 0 Å². The molecule has 4 saturated carbocycles. The van der Waals surface area contributed by atoms with Crippen molar-refractivity contribution >= 4 is 6.09 Å². The number of aliphatic hydroxyl groups is 1. The Kier molecular flexibility index (Phi) is 3.75. The standard InChI is InChI=1S/C22H35NO3/c1-4-26-20(25)23-18-12-17-15-6-5-13-11-14(24)7-9-21(13,2)16(15)8-10-22(17,3)19(18)23/h13-19,24H,4-12H2,1-3H3/t13-,14-,15+,16-,17-,18+,19+,21-,22-,23?/m0/s1. The van der Waals surface area contributed by atoms with Gasteiger partial charge in [0.25, 0.3) is 0 Å². The van der Waals surface area contributed by atoms with Crippen LogP contribution in [-0.2, 0) is 4.74 Å². The van der Waals surface area contributed by atoms with Crippen molar-refractivity contribution in [2.45, 2.75) is 90.3 Å². The summed E-state index contributed by atoms with van der Waals surface area (Å²) in [7, 11) is 0. The Labute approximate surface area is 157 Å². The van der Waals surface area contributed by atoms with Gasteiger partial charge in [0, 0.05) is 0 Å². The highest BCUT2D eigenvalue weighted by molar-refractivity contribution is 5.73. The summed E-state index contributed by atoms with van der Waals surface area (Å²) in [4.78, 5) is 14.3. The largest absolute Gasteiger partial charge is 0.450 e. The minimum Gasteiger partial charge on any atom is -0.450 e. The molecular weight excluding hydrogens is 326 g/mol. The van der Waals surface area contributed by atoms with Crippen LogP contribution in [0.2, 0.25) is 0 Å². The highest BCUT2D eigenvalue weighted by atomic mass is 16.6. The summed E-state index contributed by atoms with van der Waals surface area (Å²) >= 11 is 0. The Hall–Kier alpha value is -0.770. The molecule has 1 saturated heterocycles. The molecule has 1 heterocycles. The molecule has 1 aliphatic heterocycles. The molecule has 5 aliphatic rings. The van der Waals surface area contributed by atoms with Crippen molar-refractivity contribution in [2.24, 2.45) is 34.5 Å². The van der Waals surface area contributed by atoms with Crippen LogP contribution in [0.1, 0.15) is 72.1 Å². The third kappa shape index (κ3) is 2.14. The van der Waals surface area contributed by atoms with Crippen LogP contribution >= 0.6 is 0 Å². The molecule has 0 unspecified atom stereocenters. The first-order valence-corrected chi connectivity index (χ1v) is 11.0. The summed E-state index contributed by atoms with van der Waals surface area (Å²) < 4.78 is 5.29. The van der Waals surface area contributed by atoms with E-state index in [9.17, 15) is 9.90 Å². The van der Waals surface area contributed by atoms with E-state index in [0.717, 1.165) is 36.5 Å². The fraction of sp³-hybridized carbons (Fsp3) is 0.955. The number of fused-ring (bicyclic) bond motifs is 7. The maximum atomic E-state index is 12.3. The molecule has 0 aromatic carbocycles. The Morgan fingerprint density at radius 2 is 1.85 bits per heavy atom. The number of hydrogen-bond acceptors (Lipinski definition) is 3. The summed E-state index contributed by atoms with van der Waals surface area (Å²) in [5, 5.41) is 10.2. The molecule has 4 nitrogen and oxygen atoms in total. The van der Waals surface area contributed by atoms with Crippen LogP contribution in [0, 0.1) is 34.5 Å². The molecule has 4 aliphatic carbocycles. The first-order valence-electron chi connectivity index (χ1n) is 11.0. The SMILES string of the molecule is CCOC(=O)N1[C@@H]2C[C@H]3[C@@H]4CC[C@H]5C[C@@H](O)CC[C@]5(C)[C@H]4CC[C@]3(C)[C@@H]21. The molecule has 1 amide bonds. The number of likely N-dealkylation sites (tertiary alicyclic amines) is 1. The lowest BCUT2D eigenvalue weighted by atomic mass is 9.45. The van der Waals surface area contributed by atoms with E-state index in [1.165, 1.54) is 38.5 Å². The Morgan fingerprint density at radius 1 is 1.08 bits per heavy atom. The molecule has 26 heavy (non-hydrogen) atoms. The minimum absolute atomic E-state index is 0.0595. The molecule has 9 atom stereocenters. The first-order chi connectivity index (χ1) is 12.4. The molecule has 4 heteroatoms. The van der Waals surface area contributed by atoms with Crippen molar-refractivity contribution in [3.8, 4) is 0 Å². The third-order valence-electron chi connectivity index (χ3n) is 9.66. The second-order valence-electron chi connectivity index (χ2n) is 10.5. The van der Waals surface area contributed by atoms with Crippen LogP contribution in [0.25, 0.3) is 0 Å². The van der Waals surface area contributed by atoms with Crippen LogP contribution in [0.4, 0.5) is 4.79 Å². The number of amides is 1. The number of piperidine rings is 1. The number of hydrogen-bond donors (Lipinski definition) is 1. The van der Waals surface area contributed by atoms with Crippen LogP contribution in [0.3, 0.4) is 0 Å². The molecule has 5 rings (SSSR count). The number of carbonyl (C=O) groups excluding carboxylic acids is 1. The number of aliphatic hydroxyl groups excluding tert-OH is 1. The Morgan fingerprint density at radius 3 is 2.62 bits per heavy atom. The summed E-state index contributed by atoms with van der Waals surface area (Å²) in [6.45, 7) is 7.39. The highest BCUT2D eigenvalue weighted by Gasteiger charge is 2.72. The number of carbonyl (C=O) groups is 1. The average molecular weight is 362 g/mol. The predicted octanol–water partition coefficient (Wildman–Crippen LogP) is 4.21. The number of rotatable bonds is 1. The van der Waals surface area contributed by atoms with E-state index < -0.39 is 0 Å². The second-order valence-corrected chi connectivity index (χ2v) is 10.5. The van der Waals surface area contributed by atoms with Crippen molar-refractivity contribution in [2.75, 3.05) is 6.61 Å². The molecule has 146 valence electrons. The van der Waals surface area contributed by atoms with Gasteiger partial charge in [0.15, 0.2) is 0 Å². The van der Waals surface area contributed by atoms with Gasteiger partial charge in [-0.1, -0.05) is 13.8 Å². The molecule has 1 N–H and O–H groups in total. The summed E-state index contributed by atoms with van der Waals surface area (Å²) in [6, 6.07) is 0.882. The maximum absolute atomic E-state index is 12.3. The lowest BCUT2D eigenvalue weighted by Gasteiger charge is -2.60. The van der Waals surface area contributed by atoms with E-state index in [0.29, 0.717) is 29.5 Å². The highest BCUT2D eigenvalue weighted by Crippen LogP contribution is 2.70. The first kappa shape index (κ1) is 17.3. The minimum atomic E-state index is -0.0822. The van der Waals surface area contributed by atoms with E-state index in [1.807, 2.05) is 11.8 Å². The van der Waals surface area contributed by atoms with Gasteiger partial charge in [-0.3, -0.25) is 4.90 Å². The average Bonchev–Trinajstić information content (AvgIpc) is 3.25. The molecule has 0 radical (unpaired) electrons. The Balaban J connectivity index is 1.36. The molecule has 0 aromatic heterocycles. The van der Waals surface area contributed by atoms with Gasteiger partial charge in [0.2, 0.25) is 0 Å². The lowest BCUT2D eigenvalue weighted by Crippen LogP contribution is -2.54. The predicted molar refractivity (Wildman–Crippen MR) is 99.6 cm³/mol. The van der Waals surface area contributed by atoms with Crippen LogP contribution in [0.15, 0.2) is 0 Å². The van der Waals surface area contributed by atoms with Crippen molar-refractivity contribution in [1.82, 2.24) is 4.90 Å². The molecule has 0 spiro atoms. The van der Waals surface area contributed by atoms with Gasteiger partial charge in [0.05, 0.1) is 24.8 Å². The molecule has 0 aromatic rings. The fourth-order valence-electron chi connectivity index (χ4n) is 8.38. The van der Waals surface area contributed by atoms with E-state index in [1.54, 1.807) is 0 Å². The summed E-state index contributed by atoms with van der Waals surface area (Å²) in [6.07, 6.45) is 9.53. The zero-order chi connectivity index (χ0) is 18.3. The van der Waals surface area contributed by atoms with Gasteiger partial charge in [-0.05, 0) is 92.8 Å².